The zero-order valence-electron chi connectivity index (χ0n) is 22.6. The molecule has 1 heterocycles. The number of benzene rings is 2. The maximum atomic E-state index is 13.4. The third-order valence-corrected chi connectivity index (χ3v) is 6.51. The number of nitrogens with zero attached hydrogens (tertiary/aromatic N) is 3. The van der Waals surface area contributed by atoms with Crippen LogP contribution in [0.25, 0.3) is 0 Å². The topological polar surface area (TPSA) is 91.4 Å². The summed E-state index contributed by atoms with van der Waals surface area (Å²) in [6.45, 7) is 5.24. The second kappa shape index (κ2) is 12.7. The number of methoxy groups -OCH3 is 1. The van der Waals surface area contributed by atoms with Crippen molar-refractivity contribution in [2.45, 2.75) is 26.0 Å². The molecule has 0 fully saturated rings. The minimum Gasteiger partial charge on any atom is -0.491 e. The fourth-order valence-corrected chi connectivity index (χ4v) is 4.35. The first-order valence-corrected chi connectivity index (χ1v) is 12.5. The number of carbonyl (C=O) groups is 3. The van der Waals surface area contributed by atoms with Gasteiger partial charge in [-0.05, 0) is 45.3 Å². The standard InChI is InChI=1S/C28H38N4O5/c1-19-15-32(26(33)17-30(3)4)20(2)18-37-24-14-22(29-27(34)21-10-8-7-9-11-21)12-13-23(24)28(35)31(5)16-25(19)36-6/h7-14,19-20,25H,15-18H2,1-6H3,(H,29,34)/t19-,20+,25-/m0/s1. The van der Waals surface area contributed by atoms with Crippen molar-refractivity contribution in [1.82, 2.24) is 14.7 Å². The Hall–Kier alpha value is -3.43. The van der Waals surface area contributed by atoms with Crippen molar-refractivity contribution in [3.63, 3.8) is 0 Å². The van der Waals surface area contributed by atoms with Gasteiger partial charge in [-0.2, -0.15) is 0 Å². The van der Waals surface area contributed by atoms with Crippen LogP contribution in [0, 0.1) is 5.92 Å². The first-order valence-electron chi connectivity index (χ1n) is 12.5. The molecule has 3 atom stereocenters. The van der Waals surface area contributed by atoms with Crippen LogP contribution in [0.3, 0.4) is 0 Å². The predicted molar refractivity (Wildman–Crippen MR) is 143 cm³/mol. The highest BCUT2D eigenvalue weighted by Gasteiger charge is 2.30. The van der Waals surface area contributed by atoms with E-state index in [9.17, 15) is 14.4 Å². The molecule has 0 bridgehead atoms. The van der Waals surface area contributed by atoms with Gasteiger partial charge < -0.3 is 29.5 Å². The van der Waals surface area contributed by atoms with Gasteiger partial charge in [-0.25, -0.2) is 0 Å². The fraction of sp³-hybridized carbons (Fsp3) is 0.464. The lowest BCUT2D eigenvalue weighted by Gasteiger charge is -2.36. The van der Waals surface area contributed by atoms with Gasteiger partial charge in [0, 0.05) is 50.5 Å². The molecule has 2 aromatic carbocycles. The molecule has 37 heavy (non-hydrogen) atoms. The highest BCUT2D eigenvalue weighted by molar-refractivity contribution is 6.05. The molecule has 200 valence electrons. The van der Waals surface area contributed by atoms with E-state index >= 15 is 0 Å². The SMILES string of the molecule is CO[C@H]1CN(C)C(=O)c2ccc(NC(=O)c3ccccc3)cc2OC[C@@H](C)N(C(=O)CN(C)C)C[C@@H]1C. The molecule has 1 N–H and O–H groups in total. The molecule has 2 aromatic rings. The van der Waals surface area contributed by atoms with E-state index in [0.717, 1.165) is 0 Å². The van der Waals surface area contributed by atoms with E-state index in [4.69, 9.17) is 9.47 Å². The minimum atomic E-state index is -0.261. The summed E-state index contributed by atoms with van der Waals surface area (Å²) in [5.74, 6) is -0.143. The Balaban J connectivity index is 1.94. The van der Waals surface area contributed by atoms with Gasteiger partial charge >= 0.3 is 0 Å². The van der Waals surface area contributed by atoms with Gasteiger partial charge in [0.15, 0.2) is 0 Å². The third-order valence-electron chi connectivity index (χ3n) is 6.51. The molecule has 0 saturated carbocycles. The first kappa shape index (κ1) is 28.1. The minimum absolute atomic E-state index is 0.00612. The number of likely N-dealkylation sites (N-methyl/N-ethyl adjacent to an activating group) is 2. The number of carbonyl (C=O) groups excluding carboxylic acids is 3. The largest absolute Gasteiger partial charge is 0.491 e. The number of nitrogens with one attached hydrogen (secondary N) is 1. The monoisotopic (exact) mass is 510 g/mol. The Morgan fingerprint density at radius 2 is 1.81 bits per heavy atom. The molecule has 0 unspecified atom stereocenters. The summed E-state index contributed by atoms with van der Waals surface area (Å²) in [6.07, 6.45) is -0.260. The number of fused-ring (bicyclic) bond motifs is 1. The summed E-state index contributed by atoms with van der Waals surface area (Å²) in [5.41, 5.74) is 1.41. The second-order valence-electron chi connectivity index (χ2n) is 9.91. The molecule has 9 heteroatoms. The Morgan fingerprint density at radius 3 is 2.46 bits per heavy atom. The maximum Gasteiger partial charge on any atom is 0.257 e. The molecular formula is C28H38N4O5. The van der Waals surface area contributed by atoms with Crippen molar-refractivity contribution in [2.75, 3.05) is 59.8 Å². The zero-order valence-corrected chi connectivity index (χ0v) is 22.6. The lowest BCUT2D eigenvalue weighted by atomic mass is 10.0. The molecule has 1 aliphatic rings. The van der Waals surface area contributed by atoms with E-state index in [2.05, 4.69) is 5.32 Å². The summed E-state index contributed by atoms with van der Waals surface area (Å²) in [6, 6.07) is 13.6. The van der Waals surface area contributed by atoms with E-state index in [0.29, 0.717) is 35.7 Å². The Bertz CT molecular complexity index is 1090. The molecular weight excluding hydrogens is 472 g/mol. The van der Waals surface area contributed by atoms with E-state index in [-0.39, 0.29) is 48.9 Å². The number of anilines is 1. The smallest absolute Gasteiger partial charge is 0.257 e. The Labute approximate surface area is 219 Å². The van der Waals surface area contributed by atoms with Crippen LogP contribution in [-0.4, -0.2) is 99.1 Å². The van der Waals surface area contributed by atoms with Crippen molar-refractivity contribution in [3.05, 3.63) is 59.7 Å². The van der Waals surface area contributed by atoms with Gasteiger partial charge in [0.05, 0.1) is 24.3 Å². The molecule has 0 radical (unpaired) electrons. The van der Waals surface area contributed by atoms with Crippen molar-refractivity contribution >= 4 is 23.4 Å². The van der Waals surface area contributed by atoms with Gasteiger partial charge in [-0.3, -0.25) is 14.4 Å². The molecule has 0 aliphatic carbocycles. The van der Waals surface area contributed by atoms with Crippen molar-refractivity contribution in [3.8, 4) is 5.75 Å². The quantitative estimate of drug-likeness (QED) is 0.665. The lowest BCUT2D eigenvalue weighted by molar-refractivity contribution is -0.136. The molecule has 3 rings (SSSR count). The second-order valence-corrected chi connectivity index (χ2v) is 9.91. The Morgan fingerprint density at radius 1 is 1.11 bits per heavy atom. The van der Waals surface area contributed by atoms with Crippen molar-refractivity contribution < 1.29 is 23.9 Å². The lowest BCUT2D eigenvalue weighted by Crippen LogP contribution is -2.50. The van der Waals surface area contributed by atoms with Crippen LogP contribution in [-0.2, 0) is 9.53 Å². The number of amides is 3. The number of hydrogen-bond acceptors (Lipinski definition) is 6. The molecule has 0 aromatic heterocycles. The number of hydrogen-bond donors (Lipinski definition) is 1. The summed E-state index contributed by atoms with van der Waals surface area (Å²) in [5, 5.41) is 2.87. The van der Waals surface area contributed by atoms with Crippen LogP contribution in [0.5, 0.6) is 5.75 Å². The van der Waals surface area contributed by atoms with Crippen LogP contribution in [0.4, 0.5) is 5.69 Å². The summed E-state index contributed by atoms with van der Waals surface area (Å²) in [4.78, 5) is 44.4. The van der Waals surface area contributed by atoms with Gasteiger partial charge in [0.1, 0.15) is 12.4 Å². The molecule has 0 saturated heterocycles. The first-order chi connectivity index (χ1) is 17.6. The van der Waals surface area contributed by atoms with E-state index < -0.39 is 0 Å². The van der Waals surface area contributed by atoms with E-state index in [1.807, 2.05) is 43.8 Å². The molecule has 3 amide bonds. The fourth-order valence-electron chi connectivity index (χ4n) is 4.35. The number of ether oxygens (including phenoxy) is 2. The van der Waals surface area contributed by atoms with Crippen LogP contribution >= 0.6 is 0 Å². The van der Waals surface area contributed by atoms with Crippen molar-refractivity contribution in [1.29, 1.82) is 0 Å². The summed E-state index contributed by atoms with van der Waals surface area (Å²) < 4.78 is 11.9. The van der Waals surface area contributed by atoms with Crippen LogP contribution in [0.15, 0.2) is 48.5 Å². The van der Waals surface area contributed by atoms with E-state index in [1.165, 1.54) is 0 Å². The highest BCUT2D eigenvalue weighted by atomic mass is 16.5. The van der Waals surface area contributed by atoms with Crippen LogP contribution in [0.2, 0.25) is 0 Å². The average molecular weight is 511 g/mol. The highest BCUT2D eigenvalue weighted by Crippen LogP contribution is 2.27. The van der Waals surface area contributed by atoms with Crippen LogP contribution < -0.4 is 10.1 Å². The maximum absolute atomic E-state index is 13.4. The van der Waals surface area contributed by atoms with Gasteiger partial charge in [0.2, 0.25) is 5.91 Å². The number of rotatable bonds is 5. The van der Waals surface area contributed by atoms with Gasteiger partial charge in [0.25, 0.3) is 11.8 Å². The van der Waals surface area contributed by atoms with Gasteiger partial charge in [-0.1, -0.05) is 25.1 Å². The molecule has 0 spiro atoms. The van der Waals surface area contributed by atoms with Crippen molar-refractivity contribution in [2.24, 2.45) is 5.92 Å². The van der Waals surface area contributed by atoms with Gasteiger partial charge in [-0.15, -0.1) is 0 Å². The van der Waals surface area contributed by atoms with Crippen LogP contribution in [0.1, 0.15) is 34.6 Å². The third kappa shape index (κ3) is 7.30. The van der Waals surface area contributed by atoms with E-state index in [1.54, 1.807) is 61.5 Å². The predicted octanol–water partition coefficient (Wildman–Crippen LogP) is 2.83. The Kier molecular flexibility index (Phi) is 9.66. The normalized spacial score (nSPS) is 20.9. The molecule has 9 nitrogen and oxygen atoms in total. The summed E-state index contributed by atoms with van der Waals surface area (Å²) >= 11 is 0. The zero-order chi connectivity index (χ0) is 27.1. The molecule has 1 aliphatic heterocycles. The average Bonchev–Trinajstić information content (AvgIpc) is 2.87. The summed E-state index contributed by atoms with van der Waals surface area (Å²) in [7, 11) is 7.07.